The Bertz CT molecular complexity index is 672. The summed E-state index contributed by atoms with van der Waals surface area (Å²) in [5.41, 5.74) is 1.43. The minimum absolute atomic E-state index is 0.204. The quantitative estimate of drug-likeness (QED) is 0.739. The van der Waals surface area contributed by atoms with Crippen molar-refractivity contribution < 1.29 is 9.59 Å². The minimum atomic E-state index is -0.845. The molecular formula is C15H8Cl2O2. The molecule has 0 spiro atoms. The van der Waals surface area contributed by atoms with E-state index >= 15 is 0 Å². The first kappa shape index (κ1) is 12.4. The van der Waals surface area contributed by atoms with Gasteiger partial charge in [-0.15, -0.1) is 0 Å². The molecule has 0 bridgehead atoms. The van der Waals surface area contributed by atoms with Crippen molar-refractivity contribution in [3.8, 4) is 0 Å². The Morgan fingerprint density at radius 1 is 0.842 bits per heavy atom. The van der Waals surface area contributed by atoms with Crippen molar-refractivity contribution in [2.24, 2.45) is 0 Å². The molecule has 0 radical (unpaired) electrons. The lowest BCUT2D eigenvalue weighted by atomic mass is 9.94. The summed E-state index contributed by atoms with van der Waals surface area (Å²) in [5.74, 6) is -1.25. The molecule has 2 aromatic rings. The Morgan fingerprint density at radius 3 is 1.95 bits per heavy atom. The maximum absolute atomic E-state index is 12.3. The first-order valence-corrected chi connectivity index (χ1v) is 6.47. The van der Waals surface area contributed by atoms with Crippen LogP contribution in [0.3, 0.4) is 0 Å². The third kappa shape index (κ3) is 1.88. The topological polar surface area (TPSA) is 34.1 Å². The summed E-state index contributed by atoms with van der Waals surface area (Å²) in [6.07, 6.45) is 0. The van der Waals surface area contributed by atoms with Gasteiger partial charge in [0.1, 0.15) is 5.92 Å². The lowest BCUT2D eigenvalue weighted by molar-refractivity contribution is 0.0890. The van der Waals surface area contributed by atoms with Crippen LogP contribution in [-0.4, -0.2) is 11.6 Å². The summed E-state index contributed by atoms with van der Waals surface area (Å²) in [6, 6.07) is 11.6. The molecule has 1 aliphatic carbocycles. The molecule has 0 atom stereocenters. The number of rotatable bonds is 1. The van der Waals surface area contributed by atoms with Crippen molar-refractivity contribution in [3.05, 3.63) is 69.2 Å². The van der Waals surface area contributed by atoms with E-state index in [1.807, 2.05) is 0 Å². The molecular weight excluding hydrogens is 283 g/mol. The highest BCUT2D eigenvalue weighted by molar-refractivity contribution is 6.37. The SMILES string of the molecule is O=C1c2ccccc2C(=O)C1c1ccc(Cl)cc1Cl. The second-order valence-electron chi connectivity index (χ2n) is 4.37. The lowest BCUT2D eigenvalue weighted by Gasteiger charge is -2.09. The molecule has 0 N–H and O–H groups in total. The minimum Gasteiger partial charge on any atom is -0.293 e. The van der Waals surface area contributed by atoms with Gasteiger partial charge in [0.05, 0.1) is 0 Å². The number of benzene rings is 2. The lowest BCUT2D eigenvalue weighted by Crippen LogP contribution is -2.13. The number of carbonyl (C=O) groups is 2. The molecule has 0 saturated heterocycles. The van der Waals surface area contributed by atoms with Gasteiger partial charge in [-0.05, 0) is 17.7 Å². The van der Waals surface area contributed by atoms with Gasteiger partial charge in [0.15, 0.2) is 11.6 Å². The highest BCUT2D eigenvalue weighted by Crippen LogP contribution is 2.37. The van der Waals surface area contributed by atoms with Crippen LogP contribution in [0.1, 0.15) is 32.2 Å². The second-order valence-corrected chi connectivity index (χ2v) is 5.22. The van der Waals surface area contributed by atoms with Gasteiger partial charge in [0, 0.05) is 21.2 Å². The van der Waals surface area contributed by atoms with Crippen molar-refractivity contribution in [2.75, 3.05) is 0 Å². The molecule has 0 saturated carbocycles. The standard InChI is InChI=1S/C15H8Cl2O2/c16-8-5-6-11(12(17)7-8)13-14(18)9-3-1-2-4-10(9)15(13)19/h1-7,13H. The Kier molecular flexibility index (Phi) is 2.92. The van der Waals surface area contributed by atoms with E-state index in [2.05, 4.69) is 0 Å². The highest BCUT2D eigenvalue weighted by atomic mass is 35.5. The first-order valence-electron chi connectivity index (χ1n) is 5.72. The van der Waals surface area contributed by atoms with E-state index in [0.717, 1.165) is 0 Å². The molecule has 2 aromatic carbocycles. The molecule has 1 aliphatic rings. The molecule has 0 unspecified atom stereocenters. The molecule has 2 nitrogen and oxygen atoms in total. The molecule has 0 aromatic heterocycles. The zero-order chi connectivity index (χ0) is 13.6. The third-order valence-corrected chi connectivity index (χ3v) is 3.82. The summed E-state index contributed by atoms with van der Waals surface area (Å²) >= 11 is 11.9. The molecule has 4 heteroatoms. The predicted molar refractivity (Wildman–Crippen MR) is 74.3 cm³/mol. The zero-order valence-electron chi connectivity index (χ0n) is 9.69. The average Bonchev–Trinajstić information content (AvgIpc) is 2.64. The summed E-state index contributed by atoms with van der Waals surface area (Å²) in [7, 11) is 0. The van der Waals surface area contributed by atoms with E-state index < -0.39 is 5.92 Å². The fraction of sp³-hybridized carbons (Fsp3) is 0.0667. The first-order chi connectivity index (χ1) is 9.09. The van der Waals surface area contributed by atoms with Gasteiger partial charge in [-0.3, -0.25) is 9.59 Å². The Labute approximate surface area is 120 Å². The number of Topliss-reactive ketones (excluding diaryl/α,β-unsaturated/α-hetero) is 2. The Morgan fingerprint density at radius 2 is 1.42 bits per heavy atom. The van der Waals surface area contributed by atoms with Crippen LogP contribution >= 0.6 is 23.2 Å². The van der Waals surface area contributed by atoms with Crippen molar-refractivity contribution in [1.29, 1.82) is 0 Å². The summed E-state index contributed by atoms with van der Waals surface area (Å²) in [4.78, 5) is 24.7. The third-order valence-electron chi connectivity index (χ3n) is 3.26. The van der Waals surface area contributed by atoms with Gasteiger partial charge in [-0.2, -0.15) is 0 Å². The van der Waals surface area contributed by atoms with Crippen LogP contribution in [0.2, 0.25) is 10.0 Å². The van der Waals surface area contributed by atoms with Gasteiger partial charge in [0.2, 0.25) is 0 Å². The van der Waals surface area contributed by atoms with E-state index in [9.17, 15) is 9.59 Å². The highest BCUT2D eigenvalue weighted by Gasteiger charge is 2.40. The summed E-state index contributed by atoms with van der Waals surface area (Å²) in [6.45, 7) is 0. The fourth-order valence-electron chi connectivity index (χ4n) is 2.36. The van der Waals surface area contributed by atoms with E-state index in [0.29, 0.717) is 26.7 Å². The number of hydrogen-bond acceptors (Lipinski definition) is 2. The smallest absolute Gasteiger partial charge is 0.178 e. The average molecular weight is 291 g/mol. The van der Waals surface area contributed by atoms with Crippen LogP contribution in [0, 0.1) is 0 Å². The molecule has 0 aliphatic heterocycles. The molecule has 94 valence electrons. The number of fused-ring (bicyclic) bond motifs is 1. The van der Waals surface area contributed by atoms with E-state index in [1.54, 1.807) is 42.5 Å². The van der Waals surface area contributed by atoms with Gasteiger partial charge in [-0.25, -0.2) is 0 Å². The Balaban J connectivity index is 2.14. The van der Waals surface area contributed by atoms with Crippen molar-refractivity contribution in [2.45, 2.75) is 5.92 Å². The molecule has 3 rings (SSSR count). The maximum Gasteiger partial charge on any atom is 0.178 e. The van der Waals surface area contributed by atoms with Crippen LogP contribution in [-0.2, 0) is 0 Å². The van der Waals surface area contributed by atoms with Gasteiger partial charge in [0.25, 0.3) is 0 Å². The van der Waals surface area contributed by atoms with Crippen LogP contribution < -0.4 is 0 Å². The summed E-state index contributed by atoms with van der Waals surface area (Å²) in [5, 5.41) is 0.816. The van der Waals surface area contributed by atoms with E-state index in [-0.39, 0.29) is 11.6 Å². The van der Waals surface area contributed by atoms with Crippen LogP contribution in [0.5, 0.6) is 0 Å². The largest absolute Gasteiger partial charge is 0.293 e. The van der Waals surface area contributed by atoms with E-state index in [1.165, 1.54) is 0 Å². The maximum atomic E-state index is 12.3. The molecule has 0 amide bonds. The Hall–Kier alpha value is -1.64. The van der Waals surface area contributed by atoms with Crippen LogP contribution in [0.4, 0.5) is 0 Å². The number of ketones is 2. The van der Waals surface area contributed by atoms with Gasteiger partial charge < -0.3 is 0 Å². The number of hydrogen-bond donors (Lipinski definition) is 0. The zero-order valence-corrected chi connectivity index (χ0v) is 11.2. The number of halogens is 2. The van der Waals surface area contributed by atoms with Crippen molar-refractivity contribution in [3.63, 3.8) is 0 Å². The van der Waals surface area contributed by atoms with Gasteiger partial charge in [-0.1, -0.05) is 53.5 Å². The van der Waals surface area contributed by atoms with Crippen molar-refractivity contribution >= 4 is 34.8 Å². The normalized spacial score (nSPS) is 14.8. The fourth-order valence-corrected chi connectivity index (χ4v) is 2.88. The van der Waals surface area contributed by atoms with E-state index in [4.69, 9.17) is 23.2 Å². The molecule has 0 heterocycles. The number of carbonyl (C=O) groups excluding carboxylic acids is 2. The van der Waals surface area contributed by atoms with Crippen LogP contribution in [0.15, 0.2) is 42.5 Å². The molecule has 19 heavy (non-hydrogen) atoms. The summed E-state index contributed by atoms with van der Waals surface area (Å²) < 4.78 is 0. The van der Waals surface area contributed by atoms with Crippen LogP contribution in [0.25, 0.3) is 0 Å². The monoisotopic (exact) mass is 290 g/mol. The van der Waals surface area contributed by atoms with Gasteiger partial charge >= 0.3 is 0 Å². The molecule has 0 fully saturated rings. The van der Waals surface area contributed by atoms with Crippen molar-refractivity contribution in [1.82, 2.24) is 0 Å². The predicted octanol–water partition coefficient (Wildman–Crippen LogP) is 4.16. The second kappa shape index (κ2) is 4.48.